The molecule has 0 bridgehead atoms. The Morgan fingerprint density at radius 3 is 2.32 bits per heavy atom. The number of hydrogen-bond donors (Lipinski definition) is 1. The number of hydrogen-bond acceptors (Lipinski definition) is 3. The Morgan fingerprint density at radius 1 is 1.07 bits per heavy atom. The molecule has 4 nitrogen and oxygen atoms in total. The molecule has 0 aliphatic heterocycles. The molecule has 6 heteroatoms. The van der Waals surface area contributed by atoms with Crippen LogP contribution in [0.1, 0.15) is 38.6 Å². The van der Waals surface area contributed by atoms with Crippen LogP contribution in [-0.2, 0) is 16.6 Å². The lowest BCUT2D eigenvalue weighted by Crippen LogP contribution is -2.14. The van der Waals surface area contributed by atoms with Gasteiger partial charge in [0.15, 0.2) is 11.7 Å². The van der Waals surface area contributed by atoms with E-state index >= 15 is 0 Å². The van der Waals surface area contributed by atoms with Crippen molar-refractivity contribution in [2.24, 2.45) is 0 Å². The Balaban J connectivity index is 1.59. The van der Waals surface area contributed by atoms with Crippen LogP contribution in [0.5, 0.6) is 0 Å². The second-order valence-electron chi connectivity index (χ2n) is 7.59. The summed E-state index contributed by atoms with van der Waals surface area (Å²) in [4.78, 5) is 16.2. The van der Waals surface area contributed by atoms with Crippen LogP contribution >= 0.6 is 0 Å². The lowest BCUT2D eigenvalue weighted by molar-refractivity contribution is -0.116. The van der Waals surface area contributed by atoms with Crippen molar-refractivity contribution in [3.63, 3.8) is 0 Å². The Morgan fingerprint density at radius 2 is 1.71 bits per heavy atom. The summed E-state index contributed by atoms with van der Waals surface area (Å²) in [5, 5.41) is 2.82. The van der Waals surface area contributed by atoms with E-state index in [2.05, 4.69) is 31.1 Å². The molecule has 1 N–H and O–H groups in total. The largest absolute Gasteiger partial charge is 0.441 e. The van der Waals surface area contributed by atoms with E-state index in [1.807, 2.05) is 24.3 Å². The lowest BCUT2D eigenvalue weighted by Gasteiger charge is -2.19. The van der Waals surface area contributed by atoms with E-state index in [9.17, 15) is 13.6 Å². The van der Waals surface area contributed by atoms with Gasteiger partial charge in [-0.1, -0.05) is 39.0 Å². The molecule has 1 heterocycles. The van der Waals surface area contributed by atoms with E-state index in [4.69, 9.17) is 4.42 Å². The van der Waals surface area contributed by atoms with Crippen molar-refractivity contribution in [2.45, 2.75) is 39.0 Å². The molecule has 0 saturated carbocycles. The van der Waals surface area contributed by atoms with E-state index < -0.39 is 11.6 Å². The Hall–Kier alpha value is -3.02. The molecule has 0 aliphatic carbocycles. The number of halogens is 2. The molecule has 3 rings (SSSR count). The van der Waals surface area contributed by atoms with E-state index in [0.717, 1.165) is 12.1 Å². The van der Waals surface area contributed by atoms with Gasteiger partial charge in [0.25, 0.3) is 0 Å². The molecule has 28 heavy (non-hydrogen) atoms. The SMILES string of the molecule is CC(C)(C)c1ccc(NC(=O)CCc2ncc(-c3c(F)cccc3F)o2)cc1. The molecule has 0 spiro atoms. The Bertz CT molecular complexity index is 953. The van der Waals surface area contributed by atoms with Gasteiger partial charge in [0.1, 0.15) is 11.6 Å². The summed E-state index contributed by atoms with van der Waals surface area (Å²) in [7, 11) is 0. The van der Waals surface area contributed by atoms with Gasteiger partial charge in [-0.3, -0.25) is 4.79 Å². The molecule has 146 valence electrons. The molecular weight excluding hydrogens is 362 g/mol. The highest BCUT2D eigenvalue weighted by Crippen LogP contribution is 2.27. The average molecular weight is 384 g/mol. The van der Waals surface area contributed by atoms with Gasteiger partial charge in [-0.15, -0.1) is 0 Å². The zero-order valence-electron chi connectivity index (χ0n) is 16.1. The van der Waals surface area contributed by atoms with Gasteiger partial charge in [-0.2, -0.15) is 0 Å². The third kappa shape index (κ3) is 4.63. The second-order valence-corrected chi connectivity index (χ2v) is 7.59. The van der Waals surface area contributed by atoms with Crippen molar-refractivity contribution in [1.82, 2.24) is 4.98 Å². The molecule has 0 fully saturated rings. The number of aromatic nitrogens is 1. The van der Waals surface area contributed by atoms with Crippen molar-refractivity contribution in [3.05, 3.63) is 71.8 Å². The normalized spacial score (nSPS) is 11.5. The van der Waals surface area contributed by atoms with Crippen LogP contribution in [0.3, 0.4) is 0 Å². The highest BCUT2D eigenvalue weighted by Gasteiger charge is 2.17. The summed E-state index contributed by atoms with van der Waals surface area (Å²) in [6.07, 6.45) is 1.63. The van der Waals surface area contributed by atoms with Crippen LogP contribution in [0.2, 0.25) is 0 Å². The predicted octanol–water partition coefficient (Wildman–Crippen LogP) is 5.49. The van der Waals surface area contributed by atoms with E-state index in [0.29, 0.717) is 5.69 Å². The number of aryl methyl sites for hydroxylation is 1. The first-order chi connectivity index (χ1) is 13.2. The van der Waals surface area contributed by atoms with Gasteiger partial charge in [-0.05, 0) is 35.2 Å². The molecule has 0 unspecified atom stereocenters. The third-order valence-corrected chi connectivity index (χ3v) is 4.36. The zero-order valence-corrected chi connectivity index (χ0v) is 16.1. The van der Waals surface area contributed by atoms with Gasteiger partial charge in [-0.25, -0.2) is 13.8 Å². The van der Waals surface area contributed by atoms with Crippen molar-refractivity contribution >= 4 is 11.6 Å². The molecule has 3 aromatic rings. The van der Waals surface area contributed by atoms with Gasteiger partial charge < -0.3 is 9.73 Å². The fourth-order valence-electron chi connectivity index (χ4n) is 2.77. The maximum Gasteiger partial charge on any atom is 0.224 e. The molecule has 2 aromatic carbocycles. The summed E-state index contributed by atoms with van der Waals surface area (Å²) >= 11 is 0. The molecule has 0 radical (unpaired) electrons. The number of rotatable bonds is 5. The maximum atomic E-state index is 13.8. The monoisotopic (exact) mass is 384 g/mol. The molecule has 1 amide bonds. The van der Waals surface area contributed by atoms with Crippen molar-refractivity contribution in [2.75, 3.05) is 5.32 Å². The topological polar surface area (TPSA) is 55.1 Å². The molecule has 0 aliphatic rings. The summed E-state index contributed by atoms with van der Waals surface area (Å²) in [5.41, 5.74) is 1.67. The molecular formula is C22H22F2N2O2. The Kier molecular flexibility index (Phi) is 5.58. The predicted molar refractivity (Wildman–Crippen MR) is 104 cm³/mol. The van der Waals surface area contributed by atoms with Gasteiger partial charge in [0.05, 0.1) is 11.8 Å². The number of amides is 1. The third-order valence-electron chi connectivity index (χ3n) is 4.36. The minimum Gasteiger partial charge on any atom is -0.441 e. The molecule has 0 atom stereocenters. The first-order valence-electron chi connectivity index (χ1n) is 9.03. The van der Waals surface area contributed by atoms with Gasteiger partial charge in [0, 0.05) is 18.5 Å². The van der Waals surface area contributed by atoms with Gasteiger partial charge >= 0.3 is 0 Å². The quantitative estimate of drug-likeness (QED) is 0.633. The van der Waals surface area contributed by atoms with E-state index in [1.54, 1.807) is 0 Å². The zero-order chi connectivity index (χ0) is 20.3. The van der Waals surface area contributed by atoms with Crippen molar-refractivity contribution in [1.29, 1.82) is 0 Å². The summed E-state index contributed by atoms with van der Waals surface area (Å²) in [6, 6.07) is 11.3. The summed E-state index contributed by atoms with van der Waals surface area (Å²) in [5.74, 6) is -1.39. The van der Waals surface area contributed by atoms with Crippen LogP contribution < -0.4 is 5.32 Å². The first kappa shape index (κ1) is 19.7. The molecule has 1 aromatic heterocycles. The first-order valence-corrected chi connectivity index (χ1v) is 9.03. The number of carbonyl (C=O) groups excluding carboxylic acids is 1. The standard InChI is InChI=1S/C22H22F2N2O2/c1-22(2,3)14-7-9-15(10-8-14)26-19(27)11-12-20-25-13-18(28-20)21-16(23)5-4-6-17(21)24/h4-10,13H,11-12H2,1-3H3,(H,26,27). The second kappa shape index (κ2) is 7.92. The lowest BCUT2D eigenvalue weighted by atomic mass is 9.87. The highest BCUT2D eigenvalue weighted by atomic mass is 19.1. The number of carbonyl (C=O) groups is 1. The van der Waals surface area contributed by atoms with Crippen LogP contribution in [0, 0.1) is 11.6 Å². The fourth-order valence-corrected chi connectivity index (χ4v) is 2.77. The number of oxazole rings is 1. The van der Waals surface area contributed by atoms with Crippen molar-refractivity contribution < 1.29 is 18.0 Å². The summed E-state index contributed by atoms with van der Waals surface area (Å²) < 4.78 is 33.0. The van der Waals surface area contributed by atoms with Crippen LogP contribution in [0.15, 0.2) is 53.1 Å². The minimum atomic E-state index is -0.723. The minimum absolute atomic E-state index is 0.00350. The van der Waals surface area contributed by atoms with Crippen LogP contribution in [0.4, 0.5) is 14.5 Å². The van der Waals surface area contributed by atoms with Gasteiger partial charge in [0.2, 0.25) is 5.91 Å². The average Bonchev–Trinajstić information content (AvgIpc) is 3.08. The van der Waals surface area contributed by atoms with Crippen molar-refractivity contribution in [3.8, 4) is 11.3 Å². The van der Waals surface area contributed by atoms with E-state index in [-0.39, 0.29) is 41.4 Å². The molecule has 0 saturated heterocycles. The van der Waals surface area contributed by atoms with E-state index in [1.165, 1.54) is 17.8 Å². The highest BCUT2D eigenvalue weighted by molar-refractivity contribution is 5.90. The number of nitrogens with zero attached hydrogens (tertiary/aromatic N) is 1. The fraction of sp³-hybridized carbons (Fsp3) is 0.273. The van der Waals surface area contributed by atoms with Crippen LogP contribution in [0.25, 0.3) is 11.3 Å². The van der Waals surface area contributed by atoms with Crippen LogP contribution in [-0.4, -0.2) is 10.9 Å². The Labute approximate surface area is 162 Å². The number of nitrogens with one attached hydrogen (secondary N) is 1. The summed E-state index contributed by atoms with van der Waals surface area (Å²) in [6.45, 7) is 6.37. The number of anilines is 1. The smallest absolute Gasteiger partial charge is 0.224 e. The maximum absolute atomic E-state index is 13.8. The number of benzene rings is 2.